The Balaban J connectivity index is 0. The van der Waals surface area contributed by atoms with E-state index in [1.165, 1.54) is 38.8 Å². The Morgan fingerprint density at radius 1 is 0.833 bits per heavy atom. The molecule has 76 valence electrons. The molecule has 12 heavy (non-hydrogen) atoms. The lowest BCUT2D eigenvalue weighted by Gasteiger charge is -2.10. The second-order valence-electron chi connectivity index (χ2n) is 2.72. The molecule has 1 aliphatic heterocycles. The van der Waals surface area contributed by atoms with Gasteiger partial charge in [-0.15, -0.1) is 0 Å². The van der Waals surface area contributed by atoms with Crippen LogP contribution in [0.4, 0.5) is 0 Å². The fourth-order valence-electron chi connectivity index (χ4n) is 1.23. The molecule has 0 unspecified atom stereocenters. The summed E-state index contributed by atoms with van der Waals surface area (Å²) in [7, 11) is 3.21. The van der Waals surface area contributed by atoms with E-state index in [9.17, 15) is 0 Å². The molecule has 0 aromatic rings. The zero-order chi connectivity index (χ0) is 9.82. The summed E-state index contributed by atoms with van der Waals surface area (Å²) in [5, 5.41) is 7.00. The van der Waals surface area contributed by atoms with Crippen LogP contribution in [-0.2, 0) is 0 Å². The van der Waals surface area contributed by atoms with Crippen LogP contribution in [0.2, 0.25) is 0 Å². The smallest absolute Gasteiger partial charge is 0.0319 e. The van der Waals surface area contributed by atoms with E-state index < -0.39 is 0 Å². The van der Waals surface area contributed by atoms with E-state index in [1.54, 1.807) is 0 Å². The first-order valence-electron chi connectivity index (χ1n) is 5.03. The molecule has 0 amide bonds. The first-order valence-corrected chi connectivity index (χ1v) is 5.03. The summed E-state index contributed by atoms with van der Waals surface area (Å²) < 4.78 is 0. The van der Waals surface area contributed by atoms with E-state index in [0.717, 1.165) is 7.11 Å². The number of likely N-dealkylation sites (tertiary alicyclic amines) is 1. The molecule has 1 saturated heterocycles. The van der Waals surface area contributed by atoms with Gasteiger partial charge in [0.1, 0.15) is 0 Å². The highest BCUT2D eigenvalue weighted by Gasteiger charge is 2.01. The molecular formula is C10H25NO. The lowest BCUT2D eigenvalue weighted by molar-refractivity contribution is 0.349. The molecule has 1 aliphatic rings. The predicted molar refractivity (Wildman–Crippen MR) is 55.5 cm³/mol. The number of hydrogen-bond donors (Lipinski definition) is 1. The van der Waals surface area contributed by atoms with E-state index in [1.807, 2.05) is 13.8 Å². The minimum Gasteiger partial charge on any atom is -0.400 e. The summed E-state index contributed by atoms with van der Waals surface area (Å²) >= 11 is 0. The van der Waals surface area contributed by atoms with Gasteiger partial charge in [0.25, 0.3) is 0 Å². The zero-order valence-corrected chi connectivity index (χ0v) is 9.14. The average molecular weight is 175 g/mol. The number of rotatable bonds is 0. The molecule has 2 heteroatoms. The third-order valence-corrected chi connectivity index (χ3v) is 1.83. The molecule has 0 aromatic carbocycles. The normalized spacial score (nSPS) is 17.8. The Labute approximate surface area is 77.6 Å². The first-order chi connectivity index (χ1) is 5.89. The monoisotopic (exact) mass is 175 g/mol. The highest BCUT2D eigenvalue weighted by molar-refractivity contribution is 4.57. The van der Waals surface area contributed by atoms with Crippen LogP contribution in [-0.4, -0.2) is 37.3 Å². The topological polar surface area (TPSA) is 23.5 Å². The van der Waals surface area contributed by atoms with Gasteiger partial charge in [-0.25, -0.2) is 0 Å². The van der Waals surface area contributed by atoms with Crippen molar-refractivity contribution in [1.29, 1.82) is 0 Å². The summed E-state index contributed by atoms with van der Waals surface area (Å²) in [6.45, 7) is 6.64. The first kappa shape index (κ1) is 14.4. The maximum absolute atomic E-state index is 7.00. The molecule has 0 radical (unpaired) electrons. The lowest BCUT2D eigenvalue weighted by atomic mass is 10.2. The average Bonchev–Trinajstić information content (AvgIpc) is 2.40. The number of hydrogen-bond acceptors (Lipinski definition) is 2. The summed E-state index contributed by atoms with van der Waals surface area (Å²) in [6.07, 6.45) is 5.72. The van der Waals surface area contributed by atoms with Crippen LogP contribution in [0.1, 0.15) is 39.5 Å². The maximum Gasteiger partial charge on any atom is 0.0319 e. The Hall–Kier alpha value is -0.0800. The third kappa shape index (κ3) is 9.92. The van der Waals surface area contributed by atoms with Gasteiger partial charge in [-0.3, -0.25) is 0 Å². The van der Waals surface area contributed by atoms with Crippen LogP contribution in [0, 0.1) is 0 Å². The van der Waals surface area contributed by atoms with Crippen LogP contribution >= 0.6 is 0 Å². The van der Waals surface area contributed by atoms with Gasteiger partial charge >= 0.3 is 0 Å². The molecule has 1 N–H and O–H groups in total. The van der Waals surface area contributed by atoms with Crippen LogP contribution in [0.3, 0.4) is 0 Å². The van der Waals surface area contributed by atoms with E-state index in [-0.39, 0.29) is 0 Å². The summed E-state index contributed by atoms with van der Waals surface area (Å²) in [4.78, 5) is 2.42. The highest BCUT2D eigenvalue weighted by Crippen LogP contribution is 2.06. The van der Waals surface area contributed by atoms with Crippen molar-refractivity contribution in [2.75, 3.05) is 27.2 Å². The molecular weight excluding hydrogens is 150 g/mol. The van der Waals surface area contributed by atoms with Crippen molar-refractivity contribution < 1.29 is 5.11 Å². The fraction of sp³-hybridized carbons (Fsp3) is 1.00. The van der Waals surface area contributed by atoms with Gasteiger partial charge in [-0.2, -0.15) is 0 Å². The molecule has 0 atom stereocenters. The second kappa shape index (κ2) is 13.5. The molecule has 1 heterocycles. The van der Waals surface area contributed by atoms with Crippen LogP contribution in [0.25, 0.3) is 0 Å². The quantitative estimate of drug-likeness (QED) is 0.609. The molecule has 0 aromatic heterocycles. The molecule has 0 bridgehead atoms. The van der Waals surface area contributed by atoms with E-state index in [2.05, 4.69) is 11.9 Å². The highest BCUT2D eigenvalue weighted by atomic mass is 16.2. The van der Waals surface area contributed by atoms with Gasteiger partial charge in [0.05, 0.1) is 0 Å². The third-order valence-electron chi connectivity index (χ3n) is 1.83. The van der Waals surface area contributed by atoms with Gasteiger partial charge < -0.3 is 10.0 Å². The standard InChI is InChI=1S/C7H15N.C2H6.CH4O/c1-8-6-4-2-3-5-7-8;2*1-2/h2-7H2,1H3;1-2H3;2H,1H3. The SMILES string of the molecule is CC.CN1CCCCCC1.CO. The Kier molecular flexibility index (Phi) is 16.3. The minimum atomic E-state index is 1.00. The summed E-state index contributed by atoms with van der Waals surface area (Å²) in [5.74, 6) is 0. The predicted octanol–water partition coefficient (Wildman–Crippen LogP) is 2.13. The molecule has 0 aliphatic carbocycles. The lowest BCUT2D eigenvalue weighted by Crippen LogP contribution is -2.18. The maximum atomic E-state index is 7.00. The Morgan fingerprint density at radius 2 is 1.17 bits per heavy atom. The van der Waals surface area contributed by atoms with Crippen LogP contribution < -0.4 is 0 Å². The molecule has 2 nitrogen and oxygen atoms in total. The largest absolute Gasteiger partial charge is 0.400 e. The van der Waals surface area contributed by atoms with Crippen LogP contribution in [0.15, 0.2) is 0 Å². The van der Waals surface area contributed by atoms with E-state index in [0.29, 0.717) is 0 Å². The minimum absolute atomic E-state index is 1.00. The van der Waals surface area contributed by atoms with Gasteiger partial charge in [0.15, 0.2) is 0 Å². The van der Waals surface area contributed by atoms with Gasteiger partial charge in [0.2, 0.25) is 0 Å². The van der Waals surface area contributed by atoms with Crippen molar-refractivity contribution in [2.45, 2.75) is 39.5 Å². The molecule has 0 saturated carbocycles. The number of aliphatic hydroxyl groups excluding tert-OH is 1. The van der Waals surface area contributed by atoms with Crippen molar-refractivity contribution in [3.63, 3.8) is 0 Å². The van der Waals surface area contributed by atoms with Crippen molar-refractivity contribution in [3.8, 4) is 0 Å². The van der Waals surface area contributed by atoms with E-state index >= 15 is 0 Å². The second-order valence-corrected chi connectivity index (χ2v) is 2.72. The van der Waals surface area contributed by atoms with Crippen molar-refractivity contribution in [1.82, 2.24) is 4.90 Å². The zero-order valence-electron chi connectivity index (χ0n) is 9.14. The Bertz CT molecular complexity index is 58.9. The van der Waals surface area contributed by atoms with Gasteiger partial charge in [-0.05, 0) is 33.0 Å². The number of nitrogens with zero attached hydrogens (tertiary/aromatic N) is 1. The van der Waals surface area contributed by atoms with Crippen molar-refractivity contribution >= 4 is 0 Å². The van der Waals surface area contributed by atoms with E-state index in [4.69, 9.17) is 5.11 Å². The Morgan fingerprint density at radius 3 is 1.50 bits per heavy atom. The van der Waals surface area contributed by atoms with Gasteiger partial charge in [0, 0.05) is 7.11 Å². The summed E-state index contributed by atoms with van der Waals surface area (Å²) in [5.41, 5.74) is 0. The van der Waals surface area contributed by atoms with Crippen molar-refractivity contribution in [3.05, 3.63) is 0 Å². The van der Waals surface area contributed by atoms with Gasteiger partial charge in [-0.1, -0.05) is 26.7 Å². The van der Waals surface area contributed by atoms with Crippen LogP contribution in [0.5, 0.6) is 0 Å². The molecule has 1 fully saturated rings. The molecule has 0 spiro atoms. The fourth-order valence-corrected chi connectivity index (χ4v) is 1.23. The number of aliphatic hydroxyl groups is 1. The van der Waals surface area contributed by atoms with Crippen molar-refractivity contribution in [2.24, 2.45) is 0 Å². The molecule has 1 rings (SSSR count). The summed E-state index contributed by atoms with van der Waals surface area (Å²) in [6, 6.07) is 0.